The van der Waals surface area contributed by atoms with E-state index in [1.165, 1.54) is 77.0 Å². The molecule has 0 amide bonds. The molecule has 0 saturated heterocycles. The lowest BCUT2D eigenvalue weighted by atomic mass is 9.68. The van der Waals surface area contributed by atoms with Crippen molar-refractivity contribution in [2.45, 2.75) is 103 Å². The zero-order valence-corrected chi connectivity index (χ0v) is 13.7. The Kier molecular flexibility index (Phi) is 8.06. The van der Waals surface area contributed by atoms with Crippen molar-refractivity contribution in [3.63, 3.8) is 0 Å². The summed E-state index contributed by atoms with van der Waals surface area (Å²) in [5, 5.41) is 0. The third-order valence-electron chi connectivity index (χ3n) is 5.30. The molecule has 0 aliphatic heterocycles. The van der Waals surface area contributed by atoms with Crippen LogP contribution >= 0.6 is 0 Å². The number of rotatable bonds is 9. The molecule has 0 aromatic heterocycles. The maximum absolute atomic E-state index is 6.67. The van der Waals surface area contributed by atoms with Crippen LogP contribution in [0.25, 0.3) is 0 Å². The van der Waals surface area contributed by atoms with Crippen LogP contribution in [0.5, 0.6) is 0 Å². The van der Waals surface area contributed by atoms with Crippen LogP contribution in [0.3, 0.4) is 0 Å². The lowest BCUT2D eigenvalue weighted by Crippen LogP contribution is -2.49. The van der Waals surface area contributed by atoms with Crippen LogP contribution in [0.15, 0.2) is 0 Å². The molecular weight excluding hydrogens is 230 g/mol. The van der Waals surface area contributed by atoms with Crippen LogP contribution in [-0.4, -0.2) is 5.54 Å². The molecule has 2 N–H and O–H groups in total. The molecular formula is C18H37N. The van der Waals surface area contributed by atoms with Crippen molar-refractivity contribution in [1.29, 1.82) is 0 Å². The van der Waals surface area contributed by atoms with E-state index in [0.29, 0.717) is 0 Å². The first kappa shape index (κ1) is 17.0. The third kappa shape index (κ3) is 6.29. The highest BCUT2D eigenvalue weighted by molar-refractivity contribution is 4.94. The van der Waals surface area contributed by atoms with Gasteiger partial charge in [-0.2, -0.15) is 0 Å². The minimum atomic E-state index is 0.153. The molecule has 1 rings (SSSR count). The summed E-state index contributed by atoms with van der Waals surface area (Å²) in [6, 6.07) is 0. The smallest absolute Gasteiger partial charge is 0.0182 e. The molecule has 1 nitrogen and oxygen atoms in total. The largest absolute Gasteiger partial charge is 0.325 e. The van der Waals surface area contributed by atoms with E-state index in [1.807, 2.05) is 0 Å². The van der Waals surface area contributed by atoms with Gasteiger partial charge in [-0.3, -0.25) is 0 Å². The normalized spacial score (nSPS) is 31.6. The van der Waals surface area contributed by atoms with Crippen LogP contribution in [0.2, 0.25) is 0 Å². The van der Waals surface area contributed by atoms with Gasteiger partial charge < -0.3 is 5.73 Å². The molecule has 1 aliphatic carbocycles. The van der Waals surface area contributed by atoms with Gasteiger partial charge in [-0.05, 0) is 31.1 Å². The highest BCUT2D eigenvalue weighted by Crippen LogP contribution is 2.38. The zero-order chi connectivity index (χ0) is 14.1. The second-order valence-corrected chi connectivity index (χ2v) is 7.25. The lowest BCUT2D eigenvalue weighted by Gasteiger charge is -2.42. The third-order valence-corrected chi connectivity index (χ3v) is 5.30. The molecule has 1 heteroatoms. The van der Waals surface area contributed by atoms with E-state index in [9.17, 15) is 0 Å². The van der Waals surface area contributed by atoms with E-state index >= 15 is 0 Å². The lowest BCUT2D eigenvalue weighted by molar-refractivity contribution is 0.147. The van der Waals surface area contributed by atoms with Crippen LogP contribution in [0, 0.1) is 11.8 Å². The summed E-state index contributed by atoms with van der Waals surface area (Å²) in [5.74, 6) is 1.57. The maximum Gasteiger partial charge on any atom is 0.0182 e. The van der Waals surface area contributed by atoms with Gasteiger partial charge in [-0.15, -0.1) is 0 Å². The van der Waals surface area contributed by atoms with E-state index in [-0.39, 0.29) is 5.54 Å². The standard InChI is InChI=1S/C18H37N/c1-4-5-6-7-8-9-10-11-14-18(19)15-16(2)12-13-17(18)3/h16-17H,4-15,19H2,1-3H3. The van der Waals surface area contributed by atoms with Crippen LogP contribution < -0.4 is 5.73 Å². The summed E-state index contributed by atoms with van der Waals surface area (Å²) in [7, 11) is 0. The van der Waals surface area contributed by atoms with Crippen LogP contribution in [-0.2, 0) is 0 Å². The fourth-order valence-corrected chi connectivity index (χ4v) is 3.71. The minimum absolute atomic E-state index is 0.153. The van der Waals surface area contributed by atoms with Gasteiger partial charge in [-0.25, -0.2) is 0 Å². The van der Waals surface area contributed by atoms with Gasteiger partial charge >= 0.3 is 0 Å². The molecule has 0 aromatic carbocycles. The average Bonchev–Trinajstić information content (AvgIpc) is 2.37. The Morgan fingerprint density at radius 2 is 1.47 bits per heavy atom. The van der Waals surface area contributed by atoms with Crippen molar-refractivity contribution in [2.24, 2.45) is 17.6 Å². The molecule has 1 saturated carbocycles. The van der Waals surface area contributed by atoms with Crippen molar-refractivity contribution < 1.29 is 0 Å². The number of nitrogens with two attached hydrogens (primary N) is 1. The topological polar surface area (TPSA) is 26.0 Å². The fraction of sp³-hybridized carbons (Fsp3) is 1.00. The van der Waals surface area contributed by atoms with Gasteiger partial charge in [0.1, 0.15) is 0 Å². The quantitative estimate of drug-likeness (QED) is 0.535. The summed E-state index contributed by atoms with van der Waals surface area (Å²) in [4.78, 5) is 0. The van der Waals surface area contributed by atoms with Crippen LogP contribution in [0.4, 0.5) is 0 Å². The maximum atomic E-state index is 6.67. The molecule has 0 radical (unpaired) electrons. The number of hydrogen-bond acceptors (Lipinski definition) is 1. The second-order valence-electron chi connectivity index (χ2n) is 7.25. The van der Waals surface area contributed by atoms with Gasteiger partial charge in [0.25, 0.3) is 0 Å². The first-order valence-electron chi connectivity index (χ1n) is 8.87. The summed E-state index contributed by atoms with van der Waals surface area (Å²) in [6.07, 6.45) is 16.5. The predicted molar refractivity (Wildman–Crippen MR) is 86.3 cm³/mol. The Morgan fingerprint density at radius 3 is 2.11 bits per heavy atom. The predicted octanol–water partition coefficient (Wildman–Crippen LogP) is 5.67. The molecule has 0 heterocycles. The van der Waals surface area contributed by atoms with E-state index in [2.05, 4.69) is 20.8 Å². The Hall–Kier alpha value is -0.0400. The second kappa shape index (κ2) is 9.00. The van der Waals surface area contributed by atoms with Gasteiger partial charge in [0.2, 0.25) is 0 Å². The molecule has 114 valence electrons. The SMILES string of the molecule is CCCCCCCCCCC1(N)CC(C)CCC1C. The summed E-state index contributed by atoms with van der Waals surface area (Å²) < 4.78 is 0. The molecule has 19 heavy (non-hydrogen) atoms. The molecule has 0 bridgehead atoms. The van der Waals surface area contributed by atoms with E-state index in [1.54, 1.807) is 0 Å². The van der Waals surface area contributed by atoms with E-state index in [4.69, 9.17) is 5.73 Å². The van der Waals surface area contributed by atoms with Crippen molar-refractivity contribution in [1.82, 2.24) is 0 Å². The first-order valence-corrected chi connectivity index (χ1v) is 8.87. The van der Waals surface area contributed by atoms with Crippen LogP contribution in [0.1, 0.15) is 97.8 Å². The van der Waals surface area contributed by atoms with Gasteiger partial charge in [-0.1, -0.05) is 78.6 Å². The molecule has 3 atom stereocenters. The van der Waals surface area contributed by atoms with E-state index < -0.39 is 0 Å². The Balaban J connectivity index is 2.07. The molecule has 3 unspecified atom stereocenters. The summed E-state index contributed by atoms with van der Waals surface area (Å²) in [6.45, 7) is 7.03. The average molecular weight is 268 g/mol. The Bertz CT molecular complexity index is 226. The van der Waals surface area contributed by atoms with Crippen molar-refractivity contribution in [3.8, 4) is 0 Å². The summed E-state index contributed by atoms with van der Waals surface area (Å²) in [5.41, 5.74) is 6.83. The zero-order valence-electron chi connectivity index (χ0n) is 13.7. The number of hydrogen-bond donors (Lipinski definition) is 1. The highest BCUT2D eigenvalue weighted by Gasteiger charge is 2.36. The van der Waals surface area contributed by atoms with Gasteiger partial charge in [0.05, 0.1) is 0 Å². The summed E-state index contributed by atoms with van der Waals surface area (Å²) >= 11 is 0. The number of unbranched alkanes of at least 4 members (excludes halogenated alkanes) is 7. The van der Waals surface area contributed by atoms with Gasteiger partial charge in [0, 0.05) is 5.54 Å². The first-order chi connectivity index (χ1) is 9.08. The van der Waals surface area contributed by atoms with Crippen molar-refractivity contribution in [2.75, 3.05) is 0 Å². The fourth-order valence-electron chi connectivity index (χ4n) is 3.71. The molecule has 0 aromatic rings. The monoisotopic (exact) mass is 267 g/mol. The molecule has 1 aliphatic rings. The Labute approximate surface area is 121 Å². The minimum Gasteiger partial charge on any atom is -0.325 e. The van der Waals surface area contributed by atoms with Gasteiger partial charge in [0.15, 0.2) is 0 Å². The van der Waals surface area contributed by atoms with Crippen molar-refractivity contribution >= 4 is 0 Å². The molecule has 1 fully saturated rings. The Morgan fingerprint density at radius 1 is 0.895 bits per heavy atom. The highest BCUT2D eigenvalue weighted by atomic mass is 14.8. The molecule has 0 spiro atoms. The van der Waals surface area contributed by atoms with Crippen molar-refractivity contribution in [3.05, 3.63) is 0 Å². The van der Waals surface area contributed by atoms with E-state index in [0.717, 1.165) is 11.8 Å².